The lowest BCUT2D eigenvalue weighted by Crippen LogP contribution is -2.67. The van der Waals surface area contributed by atoms with Gasteiger partial charge in [-0.1, -0.05) is 6.92 Å². The molecule has 138 valence electrons. The summed E-state index contributed by atoms with van der Waals surface area (Å²) in [7, 11) is 0. The molecule has 0 aliphatic heterocycles. The number of carbonyl (C=O) groups excluding carboxylic acids is 1. The average molecular weight is 363 g/mol. The highest BCUT2D eigenvalue weighted by molar-refractivity contribution is 5.93. The number of aromatic nitrogens is 2. The lowest BCUT2D eigenvalue weighted by molar-refractivity contribution is -0.164. The maximum Gasteiger partial charge on any atom is 0.267 e. The number of amides is 1. The van der Waals surface area contributed by atoms with E-state index in [-0.39, 0.29) is 31.5 Å². The fourth-order valence-corrected chi connectivity index (χ4v) is 5.03. The number of hydrogen-bond acceptors (Lipinski definition) is 2. The van der Waals surface area contributed by atoms with Gasteiger partial charge in [0.2, 0.25) is 5.92 Å². The second-order valence-electron chi connectivity index (χ2n) is 8.42. The van der Waals surface area contributed by atoms with Crippen LogP contribution in [0.15, 0.2) is 0 Å². The van der Waals surface area contributed by atoms with E-state index in [0.717, 1.165) is 4.68 Å². The van der Waals surface area contributed by atoms with Crippen molar-refractivity contribution in [2.24, 2.45) is 11.1 Å². The van der Waals surface area contributed by atoms with Gasteiger partial charge in [0, 0.05) is 24.8 Å². The molecule has 9 heteroatoms. The number of carbonyl (C=O) groups is 1. The molecule has 2 N–H and O–H groups in total. The average Bonchev–Trinajstić information content (AvgIpc) is 2.69. The van der Waals surface area contributed by atoms with Crippen LogP contribution in [0.1, 0.15) is 67.2 Å². The second-order valence-corrected chi connectivity index (χ2v) is 8.42. The lowest BCUT2D eigenvalue weighted by atomic mass is 9.41. The Morgan fingerprint density at radius 3 is 2.16 bits per heavy atom. The van der Waals surface area contributed by atoms with Gasteiger partial charge in [-0.05, 0) is 24.7 Å². The highest BCUT2D eigenvalue weighted by atomic mass is 19.3. The third-order valence-electron chi connectivity index (χ3n) is 5.81. The van der Waals surface area contributed by atoms with Crippen molar-refractivity contribution in [2.75, 3.05) is 0 Å². The molecule has 4 aliphatic rings. The number of nitrogens with two attached hydrogens (primary N) is 1. The number of hydrogen-bond donors (Lipinski definition) is 1. The largest absolute Gasteiger partial charge is 0.364 e. The smallest absolute Gasteiger partial charge is 0.267 e. The minimum atomic E-state index is -2.99. The van der Waals surface area contributed by atoms with Gasteiger partial charge in [-0.15, -0.1) is 0 Å². The summed E-state index contributed by atoms with van der Waals surface area (Å²) < 4.78 is 68.6. The van der Waals surface area contributed by atoms with Crippen LogP contribution in [-0.4, -0.2) is 27.3 Å². The van der Waals surface area contributed by atoms with Crippen molar-refractivity contribution in [1.29, 1.82) is 0 Å². The molecule has 4 aliphatic carbocycles. The van der Waals surface area contributed by atoms with Crippen molar-refractivity contribution in [3.8, 4) is 0 Å². The third-order valence-corrected chi connectivity index (χ3v) is 5.81. The van der Waals surface area contributed by atoms with Crippen molar-refractivity contribution in [3.05, 3.63) is 17.0 Å². The number of alkyl halides is 5. The molecule has 1 aromatic rings. The highest BCUT2D eigenvalue weighted by Crippen LogP contribution is 2.70. The molecule has 25 heavy (non-hydrogen) atoms. The molecule has 5 rings (SSSR count). The molecule has 0 spiro atoms. The quantitative estimate of drug-likeness (QED) is 0.814. The van der Waals surface area contributed by atoms with Crippen molar-refractivity contribution in [1.82, 2.24) is 9.78 Å². The maximum absolute atomic E-state index is 13.8. The van der Waals surface area contributed by atoms with E-state index in [4.69, 9.17) is 5.73 Å². The number of primary amides is 1. The van der Waals surface area contributed by atoms with Crippen LogP contribution in [0, 0.1) is 5.41 Å². The van der Waals surface area contributed by atoms with Crippen LogP contribution in [0.3, 0.4) is 0 Å². The van der Waals surface area contributed by atoms with E-state index in [9.17, 15) is 26.7 Å². The van der Waals surface area contributed by atoms with E-state index >= 15 is 0 Å². The molecule has 2 bridgehead atoms. The van der Waals surface area contributed by atoms with Crippen LogP contribution in [0.4, 0.5) is 22.0 Å². The van der Waals surface area contributed by atoms with E-state index < -0.39 is 58.9 Å². The number of nitrogens with zero attached hydrogens (tertiary/aromatic N) is 2. The zero-order chi connectivity index (χ0) is 18.4. The summed E-state index contributed by atoms with van der Waals surface area (Å²) in [6.07, 6.45) is -3.50. The molecule has 1 aromatic heterocycles. The van der Waals surface area contributed by atoms with E-state index in [1.54, 1.807) is 6.92 Å². The van der Waals surface area contributed by atoms with E-state index in [1.807, 2.05) is 0 Å². The van der Waals surface area contributed by atoms with Gasteiger partial charge in [0.1, 0.15) is 11.4 Å². The van der Waals surface area contributed by atoms with Crippen LogP contribution >= 0.6 is 0 Å². The first kappa shape index (κ1) is 16.8. The Labute approximate surface area is 140 Å². The zero-order valence-corrected chi connectivity index (χ0v) is 13.6. The van der Waals surface area contributed by atoms with Crippen molar-refractivity contribution in [3.63, 3.8) is 0 Å². The zero-order valence-electron chi connectivity index (χ0n) is 13.6. The lowest BCUT2D eigenvalue weighted by Gasteiger charge is -2.65. The van der Waals surface area contributed by atoms with E-state index in [2.05, 4.69) is 5.10 Å². The summed E-state index contributed by atoms with van der Waals surface area (Å²) in [5, 5.41) is 4.15. The van der Waals surface area contributed by atoms with E-state index in [1.165, 1.54) is 0 Å². The first-order chi connectivity index (χ1) is 11.4. The Bertz CT molecular complexity index is 744. The minimum absolute atomic E-state index is 0.00510. The van der Waals surface area contributed by atoms with Crippen molar-refractivity contribution in [2.45, 2.75) is 69.0 Å². The summed E-state index contributed by atoms with van der Waals surface area (Å²) in [6, 6.07) is 0. The van der Waals surface area contributed by atoms with Gasteiger partial charge in [-0.2, -0.15) is 5.10 Å². The van der Waals surface area contributed by atoms with Crippen LogP contribution in [0.2, 0.25) is 0 Å². The van der Waals surface area contributed by atoms with Gasteiger partial charge < -0.3 is 5.73 Å². The highest BCUT2D eigenvalue weighted by Gasteiger charge is 2.71. The Morgan fingerprint density at radius 2 is 1.76 bits per heavy atom. The predicted molar refractivity (Wildman–Crippen MR) is 77.4 cm³/mol. The number of rotatable bonds is 5. The molecule has 0 unspecified atom stereocenters. The fraction of sp³-hybridized carbons (Fsp3) is 0.750. The predicted octanol–water partition coefficient (Wildman–Crippen LogP) is 3.50. The van der Waals surface area contributed by atoms with Gasteiger partial charge in [0.05, 0.1) is 11.3 Å². The topological polar surface area (TPSA) is 60.9 Å². The van der Waals surface area contributed by atoms with Crippen LogP contribution in [-0.2, 0) is 12.0 Å². The molecule has 1 amide bonds. The summed E-state index contributed by atoms with van der Waals surface area (Å²) in [5.41, 5.74) is 1.33. The van der Waals surface area contributed by atoms with Crippen molar-refractivity contribution < 1.29 is 26.7 Å². The molecule has 4 fully saturated rings. The fourth-order valence-electron chi connectivity index (χ4n) is 5.03. The maximum atomic E-state index is 13.8. The summed E-state index contributed by atoms with van der Waals surface area (Å²) >= 11 is 0. The van der Waals surface area contributed by atoms with Gasteiger partial charge in [-0.3, -0.25) is 9.48 Å². The number of halogens is 5. The normalized spacial score (nSPS) is 34.2. The molecule has 1 heterocycles. The van der Waals surface area contributed by atoms with E-state index in [0.29, 0.717) is 0 Å². The standard InChI is InChI=1S/C16H18F5N3O/c1-13(2-16(20,21)3-13)7-24-9(12(22)25)8(11(17)18)10(23-24)14-4-15(19,5-14)6-14/h11H,2-7H2,1H3,(H2,22,25). The summed E-state index contributed by atoms with van der Waals surface area (Å²) in [6.45, 7) is 1.49. The van der Waals surface area contributed by atoms with Crippen molar-refractivity contribution >= 4 is 5.91 Å². The molecule has 0 radical (unpaired) electrons. The van der Waals surface area contributed by atoms with Crippen LogP contribution < -0.4 is 5.73 Å². The molecule has 0 atom stereocenters. The Hall–Kier alpha value is -1.67. The first-order valence-corrected chi connectivity index (χ1v) is 8.14. The SMILES string of the molecule is CC1(Cn2nc(C34CC(F)(C3)C4)c(C(F)F)c2C(N)=O)CC(F)(F)C1. The van der Waals surface area contributed by atoms with Gasteiger partial charge in [-0.25, -0.2) is 22.0 Å². The first-order valence-electron chi connectivity index (χ1n) is 8.14. The monoisotopic (exact) mass is 363 g/mol. The van der Waals surface area contributed by atoms with Gasteiger partial charge in [0.25, 0.3) is 12.3 Å². The molecular weight excluding hydrogens is 345 g/mol. The second kappa shape index (κ2) is 4.54. The minimum Gasteiger partial charge on any atom is -0.364 e. The molecular formula is C16H18F5N3O. The van der Waals surface area contributed by atoms with Gasteiger partial charge in [0.15, 0.2) is 0 Å². The van der Waals surface area contributed by atoms with Crippen LogP contribution in [0.5, 0.6) is 0 Å². The Morgan fingerprint density at radius 1 is 1.20 bits per heavy atom. The third kappa shape index (κ3) is 2.30. The Balaban J connectivity index is 1.73. The molecule has 0 aromatic carbocycles. The molecule has 4 saturated carbocycles. The summed E-state index contributed by atoms with van der Waals surface area (Å²) in [5.74, 6) is -3.87. The molecule has 0 saturated heterocycles. The van der Waals surface area contributed by atoms with Gasteiger partial charge >= 0.3 is 0 Å². The summed E-state index contributed by atoms with van der Waals surface area (Å²) in [4.78, 5) is 11.8. The Kier molecular flexibility index (Phi) is 3.04. The molecule has 4 nitrogen and oxygen atoms in total. The van der Waals surface area contributed by atoms with Crippen LogP contribution in [0.25, 0.3) is 0 Å².